The van der Waals surface area contributed by atoms with Crippen LogP contribution in [0.25, 0.3) is 0 Å². The maximum atomic E-state index is 12.7. The second-order valence-electron chi connectivity index (χ2n) is 7.20. The smallest absolute Gasteiger partial charge is 0.321 e. The number of pyridine rings is 1. The summed E-state index contributed by atoms with van der Waals surface area (Å²) in [7, 11) is 0. The van der Waals surface area contributed by atoms with Crippen molar-refractivity contribution < 1.29 is 14.6 Å². The summed E-state index contributed by atoms with van der Waals surface area (Å²) in [5, 5.41) is 13.5. The molecule has 1 fully saturated rings. The maximum absolute atomic E-state index is 12.7. The van der Waals surface area contributed by atoms with E-state index in [1.54, 1.807) is 11.1 Å². The minimum Gasteiger partial charge on any atom is -0.487 e. The number of rotatable bonds is 6. The summed E-state index contributed by atoms with van der Waals surface area (Å²) in [4.78, 5) is 18.7. The second-order valence-corrected chi connectivity index (χ2v) is 7.20. The summed E-state index contributed by atoms with van der Waals surface area (Å²) < 4.78 is 5.71. The van der Waals surface area contributed by atoms with E-state index in [1.165, 1.54) is 0 Å². The van der Waals surface area contributed by atoms with E-state index >= 15 is 0 Å². The van der Waals surface area contributed by atoms with Gasteiger partial charge >= 0.3 is 6.03 Å². The number of urea groups is 1. The summed E-state index contributed by atoms with van der Waals surface area (Å²) in [6, 6.07) is 12.8. The molecule has 6 heteroatoms. The third-order valence-corrected chi connectivity index (χ3v) is 4.87. The predicted octanol–water partition coefficient (Wildman–Crippen LogP) is 4.01. The van der Waals surface area contributed by atoms with Crippen LogP contribution in [0.4, 0.5) is 10.5 Å². The number of carbonyl (C=O) groups is 1. The van der Waals surface area contributed by atoms with Crippen molar-refractivity contribution >= 4 is 11.7 Å². The van der Waals surface area contributed by atoms with Gasteiger partial charge in [-0.05, 0) is 55.5 Å². The molecule has 2 N–H and O–H groups in total. The maximum Gasteiger partial charge on any atom is 0.321 e. The third kappa shape index (κ3) is 5.10. The summed E-state index contributed by atoms with van der Waals surface area (Å²) in [5.74, 6) is 0.726. The number of aliphatic hydroxyl groups is 1. The molecule has 1 atom stereocenters. The van der Waals surface area contributed by atoms with E-state index in [9.17, 15) is 9.90 Å². The molecule has 2 amide bonds. The molecule has 0 bridgehead atoms. The average Bonchev–Trinajstić information content (AvgIpc) is 2.73. The summed E-state index contributed by atoms with van der Waals surface area (Å²) in [6.45, 7) is 7.32. The van der Waals surface area contributed by atoms with Gasteiger partial charge in [0.05, 0.1) is 17.5 Å². The van der Waals surface area contributed by atoms with Crippen LogP contribution in [0.5, 0.6) is 5.75 Å². The Bertz CT molecular complexity index is 802. The molecule has 148 valence electrons. The van der Waals surface area contributed by atoms with Crippen molar-refractivity contribution in [1.29, 1.82) is 0 Å². The Labute approximate surface area is 165 Å². The van der Waals surface area contributed by atoms with Crippen LogP contribution in [0.1, 0.15) is 31.6 Å². The van der Waals surface area contributed by atoms with Crippen LogP contribution >= 0.6 is 0 Å². The zero-order chi connectivity index (χ0) is 19.9. The summed E-state index contributed by atoms with van der Waals surface area (Å²) in [5.41, 5.74) is 2.24. The van der Waals surface area contributed by atoms with Gasteiger partial charge in [0.1, 0.15) is 12.4 Å². The topological polar surface area (TPSA) is 74.7 Å². The monoisotopic (exact) mass is 381 g/mol. The summed E-state index contributed by atoms with van der Waals surface area (Å²) in [6.07, 6.45) is 2.56. The van der Waals surface area contributed by atoms with Gasteiger partial charge in [0.2, 0.25) is 0 Å². The Kier molecular flexibility index (Phi) is 6.66. The number of benzene rings is 1. The minimum absolute atomic E-state index is 0.102. The van der Waals surface area contributed by atoms with E-state index in [-0.39, 0.29) is 11.9 Å². The van der Waals surface area contributed by atoms with E-state index in [4.69, 9.17) is 4.74 Å². The van der Waals surface area contributed by atoms with Crippen LogP contribution < -0.4 is 10.1 Å². The second kappa shape index (κ2) is 9.37. The number of likely N-dealkylation sites (tertiary alicyclic amines) is 1. The standard InChI is InChI=1S/C22H27N3O3/c1-16(2)15-28-20-9-4-3-7-18(20)24-22(27)25-13-10-17(11-14-25)21(26)19-8-5-6-12-23-19/h3-9,12,17,21,26H,1,10-11,13-15H2,2H3,(H,24,27)/t21-/m1/s1. The van der Waals surface area contributed by atoms with E-state index < -0.39 is 6.10 Å². The number of nitrogens with one attached hydrogen (secondary N) is 1. The number of nitrogens with zero attached hydrogens (tertiary/aromatic N) is 2. The van der Waals surface area contributed by atoms with Gasteiger partial charge in [-0.2, -0.15) is 0 Å². The lowest BCUT2D eigenvalue weighted by atomic mass is 9.89. The van der Waals surface area contributed by atoms with Gasteiger partial charge in [-0.1, -0.05) is 24.8 Å². The molecule has 1 aliphatic heterocycles. The molecule has 0 saturated carbocycles. The number of anilines is 1. The van der Waals surface area contributed by atoms with Gasteiger partial charge in [-0.15, -0.1) is 0 Å². The lowest BCUT2D eigenvalue weighted by Crippen LogP contribution is -2.42. The highest BCUT2D eigenvalue weighted by molar-refractivity contribution is 5.91. The van der Waals surface area contributed by atoms with Crippen LogP contribution in [0.3, 0.4) is 0 Å². The van der Waals surface area contributed by atoms with Crippen molar-refractivity contribution in [1.82, 2.24) is 9.88 Å². The molecule has 0 spiro atoms. The lowest BCUT2D eigenvalue weighted by molar-refractivity contribution is 0.0652. The first-order chi connectivity index (χ1) is 13.5. The van der Waals surface area contributed by atoms with Crippen molar-refractivity contribution in [3.8, 4) is 5.75 Å². The van der Waals surface area contributed by atoms with Crippen molar-refractivity contribution in [2.24, 2.45) is 5.92 Å². The zero-order valence-electron chi connectivity index (χ0n) is 16.2. The van der Waals surface area contributed by atoms with Crippen molar-refractivity contribution in [2.75, 3.05) is 25.0 Å². The molecule has 0 aliphatic carbocycles. The van der Waals surface area contributed by atoms with Crippen molar-refractivity contribution in [3.63, 3.8) is 0 Å². The zero-order valence-corrected chi connectivity index (χ0v) is 16.2. The largest absolute Gasteiger partial charge is 0.487 e. The highest BCUT2D eigenvalue weighted by Gasteiger charge is 2.29. The summed E-state index contributed by atoms with van der Waals surface area (Å²) >= 11 is 0. The van der Waals surface area contributed by atoms with Gasteiger partial charge in [-0.25, -0.2) is 4.79 Å². The number of aromatic nitrogens is 1. The molecule has 2 heterocycles. The third-order valence-electron chi connectivity index (χ3n) is 4.87. The Balaban J connectivity index is 1.55. The van der Waals surface area contributed by atoms with Gasteiger partial charge in [-0.3, -0.25) is 4.98 Å². The molecule has 1 aliphatic rings. The highest BCUT2D eigenvalue weighted by atomic mass is 16.5. The molecule has 1 saturated heterocycles. The molecule has 3 rings (SSSR count). The average molecular weight is 381 g/mol. The number of aliphatic hydroxyl groups excluding tert-OH is 1. The van der Waals surface area contributed by atoms with Crippen LogP contribution in [-0.2, 0) is 0 Å². The molecule has 2 aromatic rings. The lowest BCUT2D eigenvalue weighted by Gasteiger charge is -2.34. The Morgan fingerprint density at radius 1 is 1.29 bits per heavy atom. The number of piperidine rings is 1. The van der Waals surface area contributed by atoms with E-state index in [0.29, 0.717) is 36.8 Å². The number of ether oxygens (including phenoxy) is 1. The molecular formula is C22H27N3O3. The molecule has 1 aromatic heterocycles. The first-order valence-corrected chi connectivity index (χ1v) is 9.55. The fraction of sp³-hybridized carbons (Fsp3) is 0.364. The molecule has 28 heavy (non-hydrogen) atoms. The predicted molar refractivity (Wildman–Crippen MR) is 109 cm³/mol. The minimum atomic E-state index is -0.595. The quantitative estimate of drug-likeness (QED) is 0.742. The SMILES string of the molecule is C=C(C)COc1ccccc1NC(=O)N1CCC([C@@H](O)c2ccccn2)CC1. The fourth-order valence-electron chi connectivity index (χ4n) is 3.30. The van der Waals surface area contributed by atoms with Crippen LogP contribution in [0, 0.1) is 5.92 Å². The van der Waals surface area contributed by atoms with Gasteiger partial charge in [0.25, 0.3) is 0 Å². The molecular weight excluding hydrogens is 354 g/mol. The first-order valence-electron chi connectivity index (χ1n) is 9.55. The van der Waals surface area contributed by atoms with Crippen LogP contribution in [0.15, 0.2) is 60.8 Å². The van der Waals surface area contributed by atoms with E-state index in [0.717, 1.165) is 18.4 Å². The van der Waals surface area contributed by atoms with Gasteiger partial charge in [0, 0.05) is 19.3 Å². The normalized spacial score (nSPS) is 15.7. The Morgan fingerprint density at radius 2 is 2.00 bits per heavy atom. The molecule has 0 unspecified atom stereocenters. The molecule has 1 aromatic carbocycles. The highest BCUT2D eigenvalue weighted by Crippen LogP contribution is 2.30. The van der Waals surface area contributed by atoms with Crippen LogP contribution in [0.2, 0.25) is 0 Å². The number of amides is 2. The number of para-hydroxylation sites is 2. The Morgan fingerprint density at radius 3 is 2.68 bits per heavy atom. The Hall–Kier alpha value is -2.86. The fourth-order valence-corrected chi connectivity index (χ4v) is 3.30. The molecule has 0 radical (unpaired) electrons. The van der Waals surface area contributed by atoms with Gasteiger partial charge in [0.15, 0.2) is 0 Å². The molecule has 6 nitrogen and oxygen atoms in total. The van der Waals surface area contributed by atoms with Crippen molar-refractivity contribution in [3.05, 3.63) is 66.5 Å². The number of hydrogen-bond acceptors (Lipinski definition) is 4. The van der Waals surface area contributed by atoms with Gasteiger partial charge < -0.3 is 20.1 Å². The number of hydrogen-bond donors (Lipinski definition) is 2. The first kappa shape index (κ1) is 19.9. The van der Waals surface area contributed by atoms with Crippen LogP contribution in [-0.4, -0.2) is 40.7 Å². The van der Waals surface area contributed by atoms with E-state index in [1.807, 2.05) is 49.4 Å². The van der Waals surface area contributed by atoms with E-state index in [2.05, 4.69) is 16.9 Å². The van der Waals surface area contributed by atoms with Crippen molar-refractivity contribution in [2.45, 2.75) is 25.9 Å². The number of carbonyl (C=O) groups excluding carboxylic acids is 1.